The molecule has 8 heteroatoms. The maximum Gasteiger partial charge on any atom is 0.412 e. The van der Waals surface area contributed by atoms with Crippen LogP contribution in [0.1, 0.15) is 5.56 Å². The zero-order valence-corrected chi connectivity index (χ0v) is 12.3. The van der Waals surface area contributed by atoms with E-state index in [-0.39, 0.29) is 24.1 Å². The van der Waals surface area contributed by atoms with Crippen molar-refractivity contribution in [1.82, 2.24) is 0 Å². The van der Waals surface area contributed by atoms with E-state index in [1.807, 2.05) is 0 Å². The SMILES string of the molecule is O=C(Nc1cc(F)c(F)cc1Cl)OCc1ccc2c(c1)OCO2. The largest absolute Gasteiger partial charge is 0.454 e. The van der Waals surface area contributed by atoms with Crippen molar-refractivity contribution < 1.29 is 27.8 Å². The summed E-state index contributed by atoms with van der Waals surface area (Å²) in [7, 11) is 0. The molecule has 1 N–H and O–H groups in total. The lowest BCUT2D eigenvalue weighted by Gasteiger charge is -2.09. The molecule has 0 saturated heterocycles. The first-order chi connectivity index (χ1) is 11.0. The molecule has 2 aromatic carbocycles. The molecule has 23 heavy (non-hydrogen) atoms. The van der Waals surface area contributed by atoms with Gasteiger partial charge >= 0.3 is 6.09 Å². The van der Waals surface area contributed by atoms with Crippen LogP contribution < -0.4 is 14.8 Å². The normalized spacial score (nSPS) is 12.1. The Morgan fingerprint density at radius 3 is 2.74 bits per heavy atom. The molecule has 0 atom stereocenters. The second kappa shape index (κ2) is 6.29. The summed E-state index contributed by atoms with van der Waals surface area (Å²) in [5.41, 5.74) is 0.599. The highest BCUT2D eigenvalue weighted by Gasteiger charge is 2.15. The van der Waals surface area contributed by atoms with Crippen molar-refractivity contribution in [2.24, 2.45) is 0 Å². The number of carbonyl (C=O) groups excluding carboxylic acids is 1. The van der Waals surface area contributed by atoms with Gasteiger partial charge in [-0.25, -0.2) is 13.6 Å². The third-order valence-electron chi connectivity index (χ3n) is 3.05. The number of hydrogen-bond donors (Lipinski definition) is 1. The van der Waals surface area contributed by atoms with Crippen molar-refractivity contribution >= 4 is 23.4 Å². The Morgan fingerprint density at radius 1 is 1.17 bits per heavy atom. The van der Waals surface area contributed by atoms with Crippen molar-refractivity contribution in [3.8, 4) is 11.5 Å². The molecule has 0 spiro atoms. The molecule has 0 bridgehead atoms. The topological polar surface area (TPSA) is 56.8 Å². The van der Waals surface area contributed by atoms with Crippen molar-refractivity contribution in [1.29, 1.82) is 0 Å². The lowest BCUT2D eigenvalue weighted by atomic mass is 10.2. The highest BCUT2D eigenvalue weighted by molar-refractivity contribution is 6.33. The predicted octanol–water partition coefficient (Wildman–Crippen LogP) is 4.10. The standard InChI is InChI=1S/C15H10ClF2NO4/c16-9-4-10(17)11(18)5-12(9)19-15(20)21-6-8-1-2-13-14(3-8)23-7-22-13/h1-5H,6-7H2,(H,19,20). The first-order valence-corrected chi connectivity index (χ1v) is 6.87. The summed E-state index contributed by atoms with van der Waals surface area (Å²) in [5.74, 6) is -1.04. The van der Waals surface area contributed by atoms with Crippen molar-refractivity contribution in [3.05, 3.63) is 52.6 Å². The van der Waals surface area contributed by atoms with E-state index < -0.39 is 17.7 Å². The Bertz CT molecular complexity index is 769. The fourth-order valence-corrected chi connectivity index (χ4v) is 2.14. The van der Waals surface area contributed by atoms with Gasteiger partial charge < -0.3 is 14.2 Å². The summed E-state index contributed by atoms with van der Waals surface area (Å²) in [6.45, 7) is 0.110. The fourth-order valence-electron chi connectivity index (χ4n) is 1.94. The molecule has 0 saturated carbocycles. The predicted molar refractivity (Wildman–Crippen MR) is 77.7 cm³/mol. The summed E-state index contributed by atoms with van der Waals surface area (Å²) in [4.78, 5) is 11.7. The molecule has 1 aliphatic heterocycles. The number of rotatable bonds is 3. The van der Waals surface area contributed by atoms with Crippen molar-refractivity contribution in [3.63, 3.8) is 0 Å². The molecule has 0 radical (unpaired) electrons. The maximum atomic E-state index is 13.1. The van der Waals surface area contributed by atoms with Gasteiger partial charge in [-0.05, 0) is 23.8 Å². The number of benzene rings is 2. The van der Waals surface area contributed by atoms with E-state index in [0.29, 0.717) is 17.1 Å². The first-order valence-electron chi connectivity index (χ1n) is 6.50. The van der Waals surface area contributed by atoms with E-state index in [2.05, 4.69) is 5.32 Å². The molecule has 0 aromatic heterocycles. The van der Waals surface area contributed by atoms with Gasteiger partial charge in [0.15, 0.2) is 23.1 Å². The van der Waals surface area contributed by atoms with Gasteiger partial charge in [0.1, 0.15) is 6.61 Å². The van der Waals surface area contributed by atoms with Crippen LogP contribution in [0.15, 0.2) is 30.3 Å². The zero-order valence-electron chi connectivity index (χ0n) is 11.6. The maximum absolute atomic E-state index is 13.1. The molecule has 2 aromatic rings. The molecule has 0 unspecified atom stereocenters. The van der Waals surface area contributed by atoms with Gasteiger partial charge in [-0.2, -0.15) is 0 Å². The van der Waals surface area contributed by atoms with Gasteiger partial charge in [0.2, 0.25) is 6.79 Å². The summed E-state index contributed by atoms with van der Waals surface area (Å²) < 4.78 is 41.5. The molecule has 5 nitrogen and oxygen atoms in total. The number of nitrogens with one attached hydrogen (secondary N) is 1. The Morgan fingerprint density at radius 2 is 1.91 bits per heavy atom. The van der Waals surface area contributed by atoms with Gasteiger partial charge in [0.25, 0.3) is 0 Å². The van der Waals surface area contributed by atoms with Gasteiger partial charge in [-0.15, -0.1) is 0 Å². The Labute approximate surface area is 134 Å². The van der Waals surface area contributed by atoms with Crippen LogP contribution in [0, 0.1) is 11.6 Å². The van der Waals surface area contributed by atoms with Crippen molar-refractivity contribution in [2.45, 2.75) is 6.61 Å². The molecule has 3 rings (SSSR count). The smallest absolute Gasteiger partial charge is 0.412 e. The first kappa shape index (κ1) is 15.4. The Balaban J connectivity index is 1.61. The van der Waals surface area contributed by atoms with Crippen LogP contribution in [-0.4, -0.2) is 12.9 Å². The van der Waals surface area contributed by atoms with E-state index in [9.17, 15) is 13.6 Å². The second-order valence-electron chi connectivity index (χ2n) is 4.63. The van der Waals surface area contributed by atoms with E-state index in [1.54, 1.807) is 18.2 Å². The van der Waals surface area contributed by atoms with Gasteiger partial charge in [0.05, 0.1) is 10.7 Å². The molecular formula is C15H10ClF2NO4. The van der Waals surface area contributed by atoms with E-state index in [0.717, 1.165) is 12.1 Å². The van der Waals surface area contributed by atoms with Gasteiger partial charge in [-0.1, -0.05) is 17.7 Å². The lowest BCUT2D eigenvalue weighted by molar-refractivity contribution is 0.154. The summed E-state index contributed by atoms with van der Waals surface area (Å²) in [6.07, 6.45) is -0.851. The van der Waals surface area contributed by atoms with E-state index in [4.69, 9.17) is 25.8 Å². The second-order valence-corrected chi connectivity index (χ2v) is 5.04. The minimum atomic E-state index is -1.12. The number of ether oxygens (including phenoxy) is 3. The molecule has 0 fully saturated rings. The Kier molecular flexibility index (Phi) is 4.20. The molecule has 1 amide bonds. The number of amides is 1. The zero-order chi connectivity index (χ0) is 16.4. The lowest BCUT2D eigenvalue weighted by Crippen LogP contribution is -2.14. The quantitative estimate of drug-likeness (QED) is 0.854. The van der Waals surface area contributed by atoms with Gasteiger partial charge in [-0.3, -0.25) is 5.32 Å². The van der Waals surface area contributed by atoms with Gasteiger partial charge in [0, 0.05) is 6.07 Å². The average molecular weight is 342 g/mol. The van der Waals surface area contributed by atoms with Crippen LogP contribution in [0.5, 0.6) is 11.5 Å². The molecule has 1 heterocycles. The third kappa shape index (κ3) is 3.45. The van der Waals surface area contributed by atoms with E-state index in [1.165, 1.54) is 0 Å². The minimum Gasteiger partial charge on any atom is -0.454 e. The van der Waals surface area contributed by atoms with Crippen LogP contribution in [0.4, 0.5) is 19.3 Å². The minimum absolute atomic E-state index is 0.0379. The number of carbonyl (C=O) groups is 1. The monoisotopic (exact) mass is 341 g/mol. The van der Waals surface area contributed by atoms with Crippen LogP contribution in [0.25, 0.3) is 0 Å². The fraction of sp³-hybridized carbons (Fsp3) is 0.133. The highest BCUT2D eigenvalue weighted by atomic mass is 35.5. The van der Waals surface area contributed by atoms with E-state index >= 15 is 0 Å². The summed E-state index contributed by atoms with van der Waals surface area (Å²) in [5, 5.41) is 2.11. The third-order valence-corrected chi connectivity index (χ3v) is 3.37. The molecular weight excluding hydrogens is 332 g/mol. The number of anilines is 1. The number of halogens is 3. The van der Waals surface area contributed by atoms with Crippen LogP contribution in [0.3, 0.4) is 0 Å². The molecule has 0 aliphatic carbocycles. The Hall–Kier alpha value is -2.54. The number of hydrogen-bond acceptors (Lipinski definition) is 4. The summed E-state index contributed by atoms with van der Waals surface area (Å²) in [6, 6.07) is 6.64. The van der Waals surface area contributed by atoms with Crippen LogP contribution in [0.2, 0.25) is 5.02 Å². The van der Waals surface area contributed by atoms with Crippen LogP contribution >= 0.6 is 11.6 Å². The number of fused-ring (bicyclic) bond motifs is 1. The van der Waals surface area contributed by atoms with Crippen molar-refractivity contribution in [2.75, 3.05) is 12.1 Å². The molecule has 1 aliphatic rings. The summed E-state index contributed by atoms with van der Waals surface area (Å²) >= 11 is 5.72. The van der Waals surface area contributed by atoms with Crippen LogP contribution in [-0.2, 0) is 11.3 Å². The highest BCUT2D eigenvalue weighted by Crippen LogP contribution is 2.32. The average Bonchev–Trinajstić information content (AvgIpc) is 2.98. The molecule has 120 valence electrons.